The Bertz CT molecular complexity index is 135. The van der Waals surface area contributed by atoms with Crippen molar-refractivity contribution < 1.29 is 9.86 Å². The van der Waals surface area contributed by atoms with Crippen LogP contribution in [0.15, 0.2) is 5.11 Å². The maximum atomic E-state index is 10.5. The average molecular weight is 175 g/mol. The molecule has 5 nitrogen and oxygen atoms in total. The van der Waals surface area contributed by atoms with Crippen LogP contribution in [0.4, 0.5) is 0 Å². The summed E-state index contributed by atoms with van der Waals surface area (Å²) < 4.78 is 0. The van der Waals surface area contributed by atoms with Crippen molar-refractivity contribution in [3.8, 4) is 0 Å². The van der Waals surface area contributed by atoms with Gasteiger partial charge in [0, 0.05) is 11.7 Å². The van der Waals surface area contributed by atoms with Crippen molar-refractivity contribution in [2.45, 2.75) is 13.8 Å². The Kier molecular flexibility index (Phi) is 6.37. The summed E-state index contributed by atoms with van der Waals surface area (Å²) in [5.74, 6) is 0. The quantitative estimate of drug-likeness (QED) is 0.444. The number of hydrogen-bond donors (Lipinski definition) is 0. The molecule has 5 heteroatoms. The van der Waals surface area contributed by atoms with Crippen molar-refractivity contribution in [3.05, 3.63) is 5.21 Å². The molecule has 0 aromatic heterocycles. The van der Waals surface area contributed by atoms with Gasteiger partial charge >= 0.3 is 0 Å². The summed E-state index contributed by atoms with van der Waals surface area (Å²) >= 11 is 0. The van der Waals surface area contributed by atoms with Gasteiger partial charge in [-0.2, -0.15) is 0 Å². The first-order valence-electron chi connectivity index (χ1n) is 4.16. The number of hydrogen-bond acceptors (Lipinski definition) is 4. The molecule has 0 aromatic carbocycles. The van der Waals surface area contributed by atoms with E-state index in [1.807, 2.05) is 0 Å². The van der Waals surface area contributed by atoms with Gasteiger partial charge in [-0.25, -0.2) is 5.21 Å². The van der Waals surface area contributed by atoms with Crippen LogP contribution < -0.4 is 0 Å². The van der Waals surface area contributed by atoms with E-state index in [1.54, 1.807) is 0 Å². The first kappa shape index (κ1) is 11.2. The molecule has 0 saturated heterocycles. The lowest BCUT2D eigenvalue weighted by atomic mass is 10.5. The Hall–Kier alpha value is -0.840. The van der Waals surface area contributed by atoms with Gasteiger partial charge in [0.15, 0.2) is 5.02 Å². The highest BCUT2D eigenvalue weighted by Gasteiger charge is 1.98. The fourth-order valence-electron chi connectivity index (χ4n) is 0.846. The number of rotatable bonds is 6. The van der Waals surface area contributed by atoms with Gasteiger partial charge in [0.05, 0.1) is 13.7 Å². The van der Waals surface area contributed by atoms with Crippen LogP contribution in [-0.2, 0) is 4.84 Å². The zero-order chi connectivity index (χ0) is 9.40. The summed E-state index contributed by atoms with van der Waals surface area (Å²) in [6, 6.07) is 0. The fourth-order valence-corrected chi connectivity index (χ4v) is 0.846. The van der Waals surface area contributed by atoms with Gasteiger partial charge in [-0.1, -0.05) is 13.8 Å². The van der Waals surface area contributed by atoms with Crippen LogP contribution in [0, 0.1) is 5.21 Å². The molecular formula is C7H17N3O2. The van der Waals surface area contributed by atoms with Crippen LogP contribution in [-0.4, -0.2) is 43.2 Å². The van der Waals surface area contributed by atoms with Gasteiger partial charge in [0.1, 0.15) is 0 Å². The van der Waals surface area contributed by atoms with E-state index in [9.17, 15) is 5.21 Å². The molecule has 0 bridgehead atoms. The summed E-state index contributed by atoms with van der Waals surface area (Å²) in [5.41, 5.74) is 0. The van der Waals surface area contributed by atoms with Crippen molar-refractivity contribution in [3.63, 3.8) is 0 Å². The first-order chi connectivity index (χ1) is 5.74. The standard InChI is InChI=1S/C7H17N3O2/c1-4-9(5-2)6-7-12-10(11)8-3/h4-7H2,1-3H3. The van der Waals surface area contributed by atoms with Gasteiger partial charge in [-0.15, -0.1) is 0 Å². The molecule has 0 aliphatic carbocycles. The van der Waals surface area contributed by atoms with Crippen molar-refractivity contribution in [1.82, 2.24) is 4.90 Å². The molecular weight excluding hydrogens is 158 g/mol. The third-order valence-corrected chi connectivity index (χ3v) is 1.67. The zero-order valence-electron chi connectivity index (χ0n) is 7.99. The minimum absolute atomic E-state index is 0.240. The molecule has 0 saturated carbocycles. The van der Waals surface area contributed by atoms with Crippen LogP contribution in [0.5, 0.6) is 0 Å². The van der Waals surface area contributed by atoms with Crippen molar-refractivity contribution in [1.29, 1.82) is 0 Å². The van der Waals surface area contributed by atoms with Crippen LogP contribution in [0.3, 0.4) is 0 Å². The molecule has 0 spiro atoms. The number of nitrogens with zero attached hydrogens (tertiary/aromatic N) is 3. The van der Waals surface area contributed by atoms with Crippen molar-refractivity contribution in [2.75, 3.05) is 33.3 Å². The van der Waals surface area contributed by atoms with Crippen LogP contribution in [0.1, 0.15) is 13.8 Å². The van der Waals surface area contributed by atoms with E-state index < -0.39 is 0 Å². The van der Waals surface area contributed by atoms with E-state index in [0.29, 0.717) is 6.61 Å². The Morgan fingerprint density at radius 1 is 1.42 bits per heavy atom. The molecule has 0 heterocycles. The minimum Gasteiger partial charge on any atom is -0.379 e. The lowest BCUT2D eigenvalue weighted by molar-refractivity contribution is -0.789. The van der Waals surface area contributed by atoms with Crippen LogP contribution in [0.25, 0.3) is 0 Å². The lowest BCUT2D eigenvalue weighted by Crippen LogP contribution is -2.27. The molecule has 0 amide bonds. The summed E-state index contributed by atoms with van der Waals surface area (Å²) in [4.78, 5) is 6.86. The Morgan fingerprint density at radius 3 is 2.42 bits per heavy atom. The van der Waals surface area contributed by atoms with Crippen molar-refractivity contribution in [2.24, 2.45) is 5.11 Å². The van der Waals surface area contributed by atoms with E-state index in [-0.39, 0.29) is 5.02 Å². The Morgan fingerprint density at radius 2 is 2.00 bits per heavy atom. The van der Waals surface area contributed by atoms with Gasteiger partial charge in [-0.3, -0.25) is 0 Å². The summed E-state index contributed by atoms with van der Waals surface area (Å²) in [6.07, 6.45) is 0. The molecule has 0 aliphatic rings. The zero-order valence-corrected chi connectivity index (χ0v) is 7.99. The van der Waals surface area contributed by atoms with Gasteiger partial charge in [0.2, 0.25) is 0 Å². The predicted octanol–water partition coefficient (Wildman–Crippen LogP) is 0.852. The molecule has 0 aliphatic heterocycles. The molecule has 0 radical (unpaired) electrons. The van der Waals surface area contributed by atoms with E-state index >= 15 is 0 Å². The second-order valence-corrected chi connectivity index (χ2v) is 2.30. The van der Waals surface area contributed by atoms with E-state index in [2.05, 4.69) is 23.9 Å². The SMILES string of the molecule is CCN(CC)CCO[N+]([O-])=NC. The van der Waals surface area contributed by atoms with Crippen LogP contribution >= 0.6 is 0 Å². The summed E-state index contributed by atoms with van der Waals surface area (Å²) in [7, 11) is 1.39. The third-order valence-electron chi connectivity index (χ3n) is 1.67. The second kappa shape index (κ2) is 6.84. The summed E-state index contributed by atoms with van der Waals surface area (Å²) in [6.45, 7) is 7.25. The Balaban J connectivity index is 3.41. The van der Waals surface area contributed by atoms with E-state index in [1.165, 1.54) is 7.05 Å². The fraction of sp³-hybridized carbons (Fsp3) is 1.00. The first-order valence-corrected chi connectivity index (χ1v) is 4.16. The number of likely N-dealkylation sites (N-methyl/N-ethyl adjacent to an activating group) is 1. The van der Waals surface area contributed by atoms with E-state index in [0.717, 1.165) is 19.6 Å². The van der Waals surface area contributed by atoms with E-state index in [4.69, 9.17) is 4.84 Å². The molecule has 0 fully saturated rings. The molecule has 0 N–H and O–H groups in total. The predicted molar refractivity (Wildman–Crippen MR) is 45.7 cm³/mol. The maximum absolute atomic E-state index is 10.5. The topological polar surface area (TPSA) is 50.9 Å². The van der Waals surface area contributed by atoms with Gasteiger partial charge < -0.3 is 9.74 Å². The van der Waals surface area contributed by atoms with Gasteiger partial charge in [0.25, 0.3) is 0 Å². The normalized spacial score (nSPS) is 12.2. The Labute approximate surface area is 73.2 Å². The minimum atomic E-state index is 0.240. The second-order valence-electron chi connectivity index (χ2n) is 2.30. The third kappa shape index (κ3) is 4.90. The lowest BCUT2D eigenvalue weighted by Gasteiger charge is -2.17. The molecule has 12 heavy (non-hydrogen) atoms. The summed E-state index contributed by atoms with van der Waals surface area (Å²) in [5, 5.41) is 14.0. The molecule has 0 rings (SSSR count). The average Bonchev–Trinajstić information content (AvgIpc) is 2.12. The molecule has 0 aromatic rings. The van der Waals surface area contributed by atoms with Crippen molar-refractivity contribution >= 4 is 0 Å². The molecule has 0 unspecified atom stereocenters. The smallest absolute Gasteiger partial charge is 0.168 e. The maximum Gasteiger partial charge on any atom is 0.168 e. The molecule has 72 valence electrons. The highest BCUT2D eigenvalue weighted by Crippen LogP contribution is 1.87. The highest BCUT2D eigenvalue weighted by molar-refractivity contribution is 4.48. The monoisotopic (exact) mass is 175 g/mol. The van der Waals surface area contributed by atoms with Crippen LogP contribution in [0.2, 0.25) is 0 Å². The highest BCUT2D eigenvalue weighted by atomic mass is 16.9. The van der Waals surface area contributed by atoms with Gasteiger partial charge in [-0.05, 0) is 13.1 Å². The largest absolute Gasteiger partial charge is 0.379 e. The molecule has 0 atom stereocenters.